The van der Waals surface area contributed by atoms with Crippen LogP contribution in [0.2, 0.25) is 0 Å². The first-order chi connectivity index (χ1) is 10.1. The van der Waals surface area contributed by atoms with Crippen molar-refractivity contribution in [1.82, 2.24) is 4.90 Å². The zero-order chi connectivity index (χ0) is 15.0. The molecule has 21 heavy (non-hydrogen) atoms. The van der Waals surface area contributed by atoms with Crippen molar-refractivity contribution in [2.45, 2.75) is 18.9 Å². The Bertz CT molecular complexity index is 603. The van der Waals surface area contributed by atoms with Gasteiger partial charge in [-0.2, -0.15) is 0 Å². The molecular weight excluding hydrogens is 342 g/mol. The molecule has 0 radical (unpaired) electrons. The highest BCUT2D eigenvalue weighted by Crippen LogP contribution is 2.39. The summed E-state index contributed by atoms with van der Waals surface area (Å²) in [4.78, 5) is 25.1. The average Bonchev–Trinajstić information content (AvgIpc) is 2.96. The van der Waals surface area contributed by atoms with Crippen LogP contribution >= 0.6 is 15.9 Å². The van der Waals surface area contributed by atoms with E-state index in [4.69, 9.17) is 9.47 Å². The first kappa shape index (κ1) is 14.2. The molecule has 0 unspecified atom stereocenters. The maximum atomic E-state index is 12.5. The van der Waals surface area contributed by atoms with E-state index >= 15 is 0 Å². The van der Waals surface area contributed by atoms with Crippen LogP contribution in [-0.4, -0.2) is 47.7 Å². The van der Waals surface area contributed by atoms with Gasteiger partial charge in [0.1, 0.15) is 19.3 Å². The number of nitrogens with zero attached hydrogens (tertiary/aromatic N) is 1. The van der Waals surface area contributed by atoms with Gasteiger partial charge in [0, 0.05) is 12.1 Å². The SMILES string of the molecule is O=C(O)[C@@H]1CCCN1C(=O)c1cc(Br)c2c(c1)OCCO2. The van der Waals surface area contributed by atoms with Gasteiger partial charge in [-0.05, 0) is 40.9 Å². The summed E-state index contributed by atoms with van der Waals surface area (Å²) in [5.74, 6) is -0.172. The monoisotopic (exact) mass is 355 g/mol. The number of carbonyl (C=O) groups excluding carboxylic acids is 1. The lowest BCUT2D eigenvalue weighted by Gasteiger charge is -2.24. The maximum absolute atomic E-state index is 12.5. The van der Waals surface area contributed by atoms with E-state index in [0.29, 0.717) is 54.1 Å². The molecule has 0 aromatic heterocycles. The summed E-state index contributed by atoms with van der Waals surface area (Å²) in [6, 6.07) is 2.51. The number of fused-ring (bicyclic) bond motifs is 1. The molecule has 2 aliphatic rings. The van der Waals surface area contributed by atoms with E-state index in [1.165, 1.54) is 4.90 Å². The standard InChI is InChI=1S/C14H14BrNO5/c15-9-6-8(7-11-12(9)21-5-4-20-11)13(17)16-3-1-2-10(16)14(18)19/h6-7,10H,1-5H2,(H,18,19)/t10-/m0/s1. The Labute approximate surface area is 129 Å². The molecule has 1 atom stereocenters. The molecule has 0 aliphatic carbocycles. The van der Waals surface area contributed by atoms with E-state index in [1.807, 2.05) is 0 Å². The molecule has 6 nitrogen and oxygen atoms in total. The van der Waals surface area contributed by atoms with Gasteiger partial charge in [-0.25, -0.2) is 4.79 Å². The Morgan fingerprint density at radius 3 is 2.81 bits per heavy atom. The van der Waals surface area contributed by atoms with E-state index < -0.39 is 12.0 Å². The largest absolute Gasteiger partial charge is 0.486 e. The molecule has 1 N–H and O–H groups in total. The molecule has 1 amide bonds. The number of aliphatic carboxylic acids is 1. The summed E-state index contributed by atoms with van der Waals surface area (Å²) in [6.07, 6.45) is 1.20. The Morgan fingerprint density at radius 1 is 1.29 bits per heavy atom. The lowest BCUT2D eigenvalue weighted by Crippen LogP contribution is -2.40. The number of carboxylic acids is 1. The topological polar surface area (TPSA) is 76.1 Å². The summed E-state index contributed by atoms with van der Waals surface area (Å²) >= 11 is 3.36. The van der Waals surface area contributed by atoms with E-state index in [0.717, 1.165) is 0 Å². The third kappa shape index (κ3) is 2.57. The second-order valence-electron chi connectivity index (χ2n) is 4.98. The highest BCUT2D eigenvalue weighted by Gasteiger charge is 2.35. The number of ether oxygens (including phenoxy) is 2. The number of likely N-dealkylation sites (tertiary alicyclic amines) is 1. The van der Waals surface area contributed by atoms with Crippen molar-refractivity contribution in [2.75, 3.05) is 19.8 Å². The van der Waals surface area contributed by atoms with Gasteiger partial charge in [0.25, 0.3) is 5.91 Å². The van der Waals surface area contributed by atoms with E-state index in [9.17, 15) is 14.7 Å². The Kier molecular flexibility index (Phi) is 3.75. The van der Waals surface area contributed by atoms with Crippen molar-refractivity contribution in [3.8, 4) is 11.5 Å². The minimum absolute atomic E-state index is 0.294. The molecule has 0 bridgehead atoms. The molecule has 3 rings (SSSR count). The highest BCUT2D eigenvalue weighted by molar-refractivity contribution is 9.10. The summed E-state index contributed by atoms with van der Waals surface area (Å²) in [7, 11) is 0. The molecule has 2 heterocycles. The average molecular weight is 356 g/mol. The van der Waals surface area contributed by atoms with Crippen LogP contribution in [0.3, 0.4) is 0 Å². The van der Waals surface area contributed by atoms with Gasteiger partial charge in [-0.15, -0.1) is 0 Å². The summed E-state index contributed by atoms with van der Waals surface area (Å²) in [5.41, 5.74) is 0.402. The predicted molar refractivity (Wildman–Crippen MR) is 76.8 cm³/mol. The minimum Gasteiger partial charge on any atom is -0.486 e. The number of rotatable bonds is 2. The number of hydrogen-bond acceptors (Lipinski definition) is 4. The van der Waals surface area contributed by atoms with Gasteiger partial charge in [-0.1, -0.05) is 0 Å². The number of amides is 1. The summed E-state index contributed by atoms with van der Waals surface area (Å²) in [6.45, 7) is 1.35. The molecule has 112 valence electrons. The normalized spacial score (nSPS) is 20.4. The van der Waals surface area contributed by atoms with Gasteiger partial charge in [0.2, 0.25) is 0 Å². The quantitative estimate of drug-likeness (QED) is 0.876. The number of carboxylic acid groups (broad SMARTS) is 1. The Morgan fingerprint density at radius 2 is 2.05 bits per heavy atom. The lowest BCUT2D eigenvalue weighted by molar-refractivity contribution is -0.141. The first-order valence-corrected chi connectivity index (χ1v) is 7.50. The second kappa shape index (κ2) is 5.55. The zero-order valence-electron chi connectivity index (χ0n) is 11.2. The van der Waals surface area contributed by atoms with Gasteiger partial charge in [-0.3, -0.25) is 4.79 Å². The van der Waals surface area contributed by atoms with Crippen molar-refractivity contribution >= 4 is 27.8 Å². The number of benzene rings is 1. The fourth-order valence-electron chi connectivity index (χ4n) is 2.67. The van der Waals surface area contributed by atoms with Gasteiger partial charge < -0.3 is 19.5 Å². The van der Waals surface area contributed by atoms with Gasteiger partial charge in [0.15, 0.2) is 11.5 Å². The Balaban J connectivity index is 1.91. The zero-order valence-corrected chi connectivity index (χ0v) is 12.8. The highest BCUT2D eigenvalue weighted by atomic mass is 79.9. The second-order valence-corrected chi connectivity index (χ2v) is 5.83. The smallest absolute Gasteiger partial charge is 0.326 e. The number of hydrogen-bond donors (Lipinski definition) is 1. The number of halogens is 1. The summed E-state index contributed by atoms with van der Waals surface area (Å²) in [5, 5.41) is 9.18. The van der Waals surface area contributed by atoms with Crippen LogP contribution < -0.4 is 9.47 Å². The first-order valence-electron chi connectivity index (χ1n) is 6.71. The van der Waals surface area contributed by atoms with Gasteiger partial charge in [0.05, 0.1) is 4.47 Å². The maximum Gasteiger partial charge on any atom is 0.326 e. The van der Waals surface area contributed by atoms with Crippen molar-refractivity contribution in [3.05, 3.63) is 22.2 Å². The van der Waals surface area contributed by atoms with Crippen LogP contribution in [0, 0.1) is 0 Å². The molecule has 0 saturated carbocycles. The van der Waals surface area contributed by atoms with Crippen molar-refractivity contribution in [3.63, 3.8) is 0 Å². The van der Waals surface area contributed by atoms with E-state index in [-0.39, 0.29) is 5.91 Å². The van der Waals surface area contributed by atoms with E-state index in [1.54, 1.807) is 12.1 Å². The van der Waals surface area contributed by atoms with Crippen LogP contribution in [0.4, 0.5) is 0 Å². The van der Waals surface area contributed by atoms with Crippen molar-refractivity contribution < 1.29 is 24.2 Å². The molecule has 0 spiro atoms. The predicted octanol–water partition coefficient (Wildman–Crippen LogP) is 1.91. The third-order valence-electron chi connectivity index (χ3n) is 3.64. The third-order valence-corrected chi connectivity index (χ3v) is 4.23. The van der Waals surface area contributed by atoms with Crippen LogP contribution in [0.25, 0.3) is 0 Å². The summed E-state index contributed by atoms with van der Waals surface area (Å²) < 4.78 is 11.6. The molecule has 7 heteroatoms. The number of carbonyl (C=O) groups is 2. The molecule has 1 fully saturated rings. The molecular formula is C14H14BrNO5. The lowest BCUT2D eigenvalue weighted by atomic mass is 10.1. The fraction of sp³-hybridized carbons (Fsp3) is 0.429. The molecule has 1 aromatic carbocycles. The molecule has 1 aromatic rings. The van der Waals surface area contributed by atoms with Crippen LogP contribution in [0.5, 0.6) is 11.5 Å². The van der Waals surface area contributed by atoms with Crippen LogP contribution in [0.1, 0.15) is 23.2 Å². The minimum atomic E-state index is -0.961. The fourth-order valence-corrected chi connectivity index (χ4v) is 3.22. The Hall–Kier alpha value is -1.76. The van der Waals surface area contributed by atoms with Crippen molar-refractivity contribution in [2.24, 2.45) is 0 Å². The molecule has 1 saturated heterocycles. The van der Waals surface area contributed by atoms with Gasteiger partial charge >= 0.3 is 5.97 Å². The van der Waals surface area contributed by atoms with Crippen molar-refractivity contribution in [1.29, 1.82) is 0 Å². The van der Waals surface area contributed by atoms with Crippen LogP contribution in [-0.2, 0) is 4.79 Å². The van der Waals surface area contributed by atoms with Crippen LogP contribution in [0.15, 0.2) is 16.6 Å². The molecule has 2 aliphatic heterocycles. The van der Waals surface area contributed by atoms with E-state index in [2.05, 4.69) is 15.9 Å².